The Bertz CT molecular complexity index is 1240. The second kappa shape index (κ2) is 8.14. The second-order valence-corrected chi connectivity index (χ2v) is 7.95. The molecule has 14 heteroatoms. The van der Waals surface area contributed by atoms with Crippen LogP contribution >= 0.6 is 11.3 Å². The molecule has 32 heavy (non-hydrogen) atoms. The normalized spacial score (nSPS) is 13.9. The summed E-state index contributed by atoms with van der Waals surface area (Å²) < 4.78 is 0.677. The number of anilines is 1. The number of hydrogen-bond donors (Lipinski definition) is 0. The molecule has 0 unspecified atom stereocenters. The van der Waals surface area contributed by atoms with Crippen molar-refractivity contribution in [1.29, 1.82) is 0 Å². The fourth-order valence-electron chi connectivity index (χ4n) is 3.36. The van der Waals surface area contributed by atoms with Gasteiger partial charge in [-0.3, -0.25) is 35.1 Å². The van der Waals surface area contributed by atoms with E-state index in [0.717, 1.165) is 18.2 Å². The molecule has 13 nitrogen and oxygen atoms in total. The predicted molar refractivity (Wildman–Crippen MR) is 114 cm³/mol. The van der Waals surface area contributed by atoms with Crippen molar-refractivity contribution in [3.8, 4) is 0 Å². The molecule has 4 rings (SSSR count). The van der Waals surface area contributed by atoms with Gasteiger partial charge < -0.3 is 9.80 Å². The lowest BCUT2D eigenvalue weighted by Crippen LogP contribution is -2.48. The third-order valence-corrected chi connectivity index (χ3v) is 6.06. The first-order valence-corrected chi connectivity index (χ1v) is 10.1. The number of amides is 1. The van der Waals surface area contributed by atoms with Crippen LogP contribution in [0.5, 0.6) is 0 Å². The fourth-order valence-corrected chi connectivity index (χ4v) is 4.41. The van der Waals surface area contributed by atoms with Gasteiger partial charge in [0.15, 0.2) is 5.13 Å². The molecule has 0 bridgehead atoms. The van der Waals surface area contributed by atoms with Crippen LogP contribution in [0.2, 0.25) is 0 Å². The number of piperazine rings is 1. The van der Waals surface area contributed by atoms with E-state index in [-0.39, 0.29) is 24.3 Å². The lowest BCUT2D eigenvalue weighted by Gasteiger charge is -2.34. The van der Waals surface area contributed by atoms with Crippen LogP contribution in [0.25, 0.3) is 10.2 Å². The van der Waals surface area contributed by atoms with Gasteiger partial charge >= 0.3 is 0 Å². The predicted octanol–water partition coefficient (Wildman–Crippen LogP) is 2.98. The Kier molecular flexibility index (Phi) is 5.36. The molecule has 0 aliphatic carbocycles. The van der Waals surface area contributed by atoms with E-state index < -0.39 is 32.1 Å². The maximum absolute atomic E-state index is 12.8. The van der Waals surface area contributed by atoms with Crippen molar-refractivity contribution in [3.05, 3.63) is 72.3 Å². The number of fused-ring (bicyclic) bond motifs is 1. The average molecular weight is 458 g/mol. The molecule has 164 valence electrons. The maximum Gasteiger partial charge on any atom is 0.277 e. The van der Waals surface area contributed by atoms with Gasteiger partial charge in [-0.2, -0.15) is 0 Å². The fraction of sp³-hybridized carbons (Fsp3) is 0.222. The summed E-state index contributed by atoms with van der Waals surface area (Å²) in [6.45, 7) is 1.41. The molecule has 0 radical (unpaired) electrons. The van der Waals surface area contributed by atoms with Gasteiger partial charge in [-0.05, 0) is 6.07 Å². The SMILES string of the molecule is O=C(c1cc([N+](=O)[O-])cc([N+](=O)[O-])c1)N1CCN(c2nc3ccc([N+](=O)[O-])cc3s2)CC1. The molecule has 1 aromatic heterocycles. The van der Waals surface area contributed by atoms with Gasteiger partial charge in [-0.25, -0.2) is 4.98 Å². The van der Waals surface area contributed by atoms with Crippen molar-refractivity contribution in [2.24, 2.45) is 0 Å². The Morgan fingerprint density at radius 1 is 0.844 bits per heavy atom. The van der Waals surface area contributed by atoms with E-state index in [9.17, 15) is 35.1 Å². The Labute approximate surface area is 182 Å². The minimum atomic E-state index is -0.779. The zero-order valence-corrected chi connectivity index (χ0v) is 17.1. The standard InChI is InChI=1S/C18H14N6O7S/c25-17(11-7-13(23(28)29)9-14(8-11)24(30)31)20-3-5-21(6-4-20)18-19-15-2-1-12(22(26)27)10-16(15)32-18/h1-2,7-10H,3-6H2. The molecule has 1 amide bonds. The molecule has 2 aromatic carbocycles. The second-order valence-electron chi connectivity index (χ2n) is 6.94. The Hall–Kier alpha value is -4.20. The number of aromatic nitrogens is 1. The summed E-state index contributed by atoms with van der Waals surface area (Å²) in [5.74, 6) is -0.531. The highest BCUT2D eigenvalue weighted by atomic mass is 32.1. The number of nitro groups is 3. The van der Waals surface area contributed by atoms with E-state index in [1.54, 1.807) is 6.07 Å². The van der Waals surface area contributed by atoms with E-state index in [2.05, 4.69) is 4.98 Å². The van der Waals surface area contributed by atoms with Gasteiger partial charge in [-0.15, -0.1) is 0 Å². The number of nitrogens with zero attached hydrogens (tertiary/aromatic N) is 6. The molecule has 1 fully saturated rings. The average Bonchev–Trinajstić information content (AvgIpc) is 3.21. The quantitative estimate of drug-likeness (QED) is 0.412. The van der Waals surface area contributed by atoms with E-state index in [1.165, 1.54) is 28.4 Å². The van der Waals surface area contributed by atoms with Crippen LogP contribution in [0.15, 0.2) is 36.4 Å². The third-order valence-electron chi connectivity index (χ3n) is 4.98. The number of thiazole rings is 1. The highest BCUT2D eigenvalue weighted by Gasteiger charge is 2.27. The van der Waals surface area contributed by atoms with Crippen LogP contribution in [0.1, 0.15) is 10.4 Å². The number of nitro benzene ring substituents is 3. The molecular weight excluding hydrogens is 444 g/mol. The first-order valence-electron chi connectivity index (χ1n) is 9.26. The zero-order valence-electron chi connectivity index (χ0n) is 16.2. The lowest BCUT2D eigenvalue weighted by molar-refractivity contribution is -0.394. The molecular formula is C18H14N6O7S. The largest absolute Gasteiger partial charge is 0.345 e. The van der Waals surface area contributed by atoms with Crippen molar-refractivity contribution in [2.75, 3.05) is 31.1 Å². The highest BCUT2D eigenvalue weighted by Crippen LogP contribution is 2.32. The van der Waals surface area contributed by atoms with Crippen molar-refractivity contribution in [1.82, 2.24) is 9.88 Å². The third kappa shape index (κ3) is 4.02. The van der Waals surface area contributed by atoms with E-state index in [1.807, 2.05) is 4.90 Å². The van der Waals surface area contributed by atoms with Gasteiger partial charge in [0, 0.05) is 50.4 Å². The smallest absolute Gasteiger partial charge is 0.277 e. The summed E-state index contributed by atoms with van der Waals surface area (Å²) in [5, 5.41) is 33.8. The Morgan fingerprint density at radius 2 is 1.44 bits per heavy atom. The van der Waals surface area contributed by atoms with Crippen LogP contribution in [-0.2, 0) is 0 Å². The number of hydrogen-bond acceptors (Lipinski definition) is 10. The number of rotatable bonds is 5. The number of non-ortho nitro benzene ring substituents is 3. The monoisotopic (exact) mass is 458 g/mol. The van der Waals surface area contributed by atoms with Crippen molar-refractivity contribution >= 4 is 49.7 Å². The molecule has 0 N–H and O–H groups in total. The summed E-state index contributed by atoms with van der Waals surface area (Å²) in [7, 11) is 0. The van der Waals surface area contributed by atoms with Crippen LogP contribution in [0.3, 0.4) is 0 Å². The summed E-state index contributed by atoms with van der Waals surface area (Å²) in [5.41, 5.74) is -0.548. The topological polar surface area (TPSA) is 166 Å². The first-order chi connectivity index (χ1) is 15.2. The van der Waals surface area contributed by atoms with Crippen molar-refractivity contribution < 1.29 is 19.6 Å². The van der Waals surface area contributed by atoms with E-state index in [0.29, 0.717) is 28.4 Å². The molecule has 1 saturated heterocycles. The summed E-state index contributed by atoms with van der Waals surface area (Å²) in [6, 6.07) is 7.31. The summed E-state index contributed by atoms with van der Waals surface area (Å²) in [4.78, 5) is 51.8. The van der Waals surface area contributed by atoms with Crippen LogP contribution in [-0.4, -0.2) is 56.7 Å². The minimum Gasteiger partial charge on any atom is -0.345 e. The first kappa shape index (κ1) is 21.0. The lowest BCUT2D eigenvalue weighted by atomic mass is 10.1. The molecule has 1 aliphatic rings. The highest BCUT2D eigenvalue weighted by molar-refractivity contribution is 7.22. The van der Waals surface area contributed by atoms with Crippen LogP contribution in [0, 0.1) is 30.3 Å². The van der Waals surface area contributed by atoms with Gasteiger partial charge in [0.2, 0.25) is 0 Å². The summed E-state index contributed by atoms with van der Waals surface area (Å²) in [6.07, 6.45) is 0. The number of benzene rings is 2. The number of carbonyl (C=O) groups excluding carboxylic acids is 1. The molecule has 0 atom stereocenters. The Balaban J connectivity index is 1.49. The summed E-state index contributed by atoms with van der Waals surface area (Å²) >= 11 is 1.31. The minimum absolute atomic E-state index is 0.0193. The molecule has 2 heterocycles. The van der Waals surface area contributed by atoms with Gasteiger partial charge in [0.25, 0.3) is 23.0 Å². The van der Waals surface area contributed by atoms with Crippen LogP contribution in [0.4, 0.5) is 22.2 Å². The van der Waals surface area contributed by atoms with Crippen LogP contribution < -0.4 is 4.90 Å². The molecule has 0 spiro atoms. The van der Waals surface area contributed by atoms with Gasteiger partial charge in [0.05, 0.1) is 36.6 Å². The van der Waals surface area contributed by atoms with Gasteiger partial charge in [0.1, 0.15) is 0 Å². The molecule has 0 saturated carbocycles. The van der Waals surface area contributed by atoms with Gasteiger partial charge in [-0.1, -0.05) is 11.3 Å². The zero-order chi connectivity index (χ0) is 23.0. The van der Waals surface area contributed by atoms with Crippen molar-refractivity contribution in [2.45, 2.75) is 0 Å². The number of carbonyl (C=O) groups is 1. The van der Waals surface area contributed by atoms with E-state index in [4.69, 9.17) is 0 Å². The van der Waals surface area contributed by atoms with E-state index >= 15 is 0 Å². The molecule has 1 aliphatic heterocycles. The van der Waals surface area contributed by atoms with Crippen molar-refractivity contribution in [3.63, 3.8) is 0 Å². The molecule has 3 aromatic rings. The maximum atomic E-state index is 12.8. The Morgan fingerprint density at radius 3 is 2.00 bits per heavy atom.